The first-order valence-corrected chi connectivity index (χ1v) is 8.39. The Balaban J connectivity index is 1.75. The Bertz CT molecular complexity index is 822. The van der Waals surface area contributed by atoms with Crippen LogP contribution >= 0.6 is 12.2 Å². The number of Topliss-reactive ketones (excluding diaryl/α,β-unsaturated/α-hetero) is 1. The lowest BCUT2D eigenvalue weighted by atomic mass is 9.96. The van der Waals surface area contributed by atoms with Crippen molar-refractivity contribution in [3.05, 3.63) is 46.0 Å². The van der Waals surface area contributed by atoms with Crippen molar-refractivity contribution in [3.63, 3.8) is 0 Å². The Morgan fingerprint density at radius 3 is 2.62 bits per heavy atom. The molecular formula is C17H20N4O2S. The lowest BCUT2D eigenvalue weighted by Gasteiger charge is -2.31. The number of aromatic nitrogens is 3. The van der Waals surface area contributed by atoms with Crippen molar-refractivity contribution in [1.82, 2.24) is 19.7 Å². The van der Waals surface area contributed by atoms with E-state index in [2.05, 4.69) is 10.2 Å². The molecule has 126 valence electrons. The number of hydrogen-bond acceptors (Lipinski definition) is 4. The SMILES string of the molecule is Cc1ccc(C(=O)C(=O)N2CCCC(c3n[nH]c(=S)n3C)C2)cc1. The number of aryl methyl sites for hydroxylation is 1. The summed E-state index contributed by atoms with van der Waals surface area (Å²) in [6.45, 7) is 3.04. The van der Waals surface area contributed by atoms with E-state index in [1.807, 2.05) is 30.7 Å². The third kappa shape index (κ3) is 3.17. The van der Waals surface area contributed by atoms with E-state index in [1.54, 1.807) is 17.0 Å². The van der Waals surface area contributed by atoms with Gasteiger partial charge >= 0.3 is 0 Å². The molecule has 3 rings (SSSR count). The number of carbonyl (C=O) groups is 2. The molecule has 1 saturated heterocycles. The third-order valence-corrected chi connectivity index (χ3v) is 4.86. The maximum atomic E-state index is 12.6. The number of benzene rings is 1. The van der Waals surface area contributed by atoms with Crippen LogP contribution in [0.2, 0.25) is 0 Å². The van der Waals surface area contributed by atoms with Gasteiger partial charge in [-0.25, -0.2) is 0 Å². The van der Waals surface area contributed by atoms with E-state index in [0.717, 1.165) is 24.2 Å². The molecule has 2 aromatic rings. The highest BCUT2D eigenvalue weighted by Gasteiger charge is 2.30. The van der Waals surface area contributed by atoms with Crippen molar-refractivity contribution in [3.8, 4) is 0 Å². The maximum Gasteiger partial charge on any atom is 0.294 e. The second kappa shape index (κ2) is 6.68. The van der Waals surface area contributed by atoms with Crippen LogP contribution in [0.3, 0.4) is 0 Å². The van der Waals surface area contributed by atoms with Gasteiger partial charge in [-0.1, -0.05) is 29.8 Å². The summed E-state index contributed by atoms with van der Waals surface area (Å²) in [4.78, 5) is 26.6. The zero-order valence-corrected chi connectivity index (χ0v) is 14.6. The largest absolute Gasteiger partial charge is 0.335 e. The number of ketones is 1. The van der Waals surface area contributed by atoms with Crippen LogP contribution in [0.25, 0.3) is 0 Å². The van der Waals surface area contributed by atoms with Gasteiger partial charge in [0.25, 0.3) is 5.91 Å². The van der Waals surface area contributed by atoms with E-state index in [0.29, 0.717) is 23.4 Å². The van der Waals surface area contributed by atoms with E-state index in [1.165, 1.54) is 0 Å². The highest BCUT2D eigenvalue weighted by Crippen LogP contribution is 2.25. The average molecular weight is 344 g/mol. The number of amides is 1. The predicted octanol–water partition coefficient (Wildman–Crippen LogP) is 2.38. The zero-order valence-electron chi connectivity index (χ0n) is 13.8. The minimum absolute atomic E-state index is 0.0893. The number of piperidine rings is 1. The van der Waals surface area contributed by atoms with Gasteiger partial charge in [0.15, 0.2) is 4.77 Å². The van der Waals surface area contributed by atoms with Gasteiger partial charge in [0.1, 0.15) is 5.82 Å². The van der Waals surface area contributed by atoms with E-state index < -0.39 is 11.7 Å². The molecule has 1 fully saturated rings. The second-order valence-corrected chi connectivity index (χ2v) is 6.62. The molecule has 1 aromatic heterocycles. The van der Waals surface area contributed by atoms with E-state index in [-0.39, 0.29) is 5.92 Å². The number of rotatable bonds is 3. The summed E-state index contributed by atoms with van der Waals surface area (Å²) >= 11 is 5.15. The molecule has 1 aliphatic rings. The molecule has 1 aliphatic heterocycles. The Kier molecular flexibility index (Phi) is 4.62. The molecule has 0 radical (unpaired) electrons. The van der Waals surface area contributed by atoms with Gasteiger partial charge in [-0.2, -0.15) is 5.10 Å². The molecule has 1 atom stereocenters. The van der Waals surface area contributed by atoms with Crippen LogP contribution in [0.1, 0.15) is 40.5 Å². The Morgan fingerprint density at radius 1 is 1.29 bits per heavy atom. The number of nitrogens with one attached hydrogen (secondary N) is 1. The molecule has 6 nitrogen and oxygen atoms in total. The number of aromatic amines is 1. The summed E-state index contributed by atoms with van der Waals surface area (Å²) in [5.74, 6) is 0.0260. The fraction of sp³-hybridized carbons (Fsp3) is 0.412. The first-order chi connectivity index (χ1) is 11.5. The zero-order chi connectivity index (χ0) is 17.3. The highest BCUT2D eigenvalue weighted by molar-refractivity contribution is 7.71. The molecule has 0 aliphatic carbocycles. The van der Waals surface area contributed by atoms with E-state index >= 15 is 0 Å². The second-order valence-electron chi connectivity index (χ2n) is 6.23. The van der Waals surface area contributed by atoms with Gasteiger partial charge in [0.05, 0.1) is 0 Å². The number of nitrogens with zero attached hydrogens (tertiary/aromatic N) is 3. The van der Waals surface area contributed by atoms with Gasteiger partial charge in [-0.15, -0.1) is 0 Å². The molecule has 1 aromatic carbocycles. The average Bonchev–Trinajstić information content (AvgIpc) is 2.93. The summed E-state index contributed by atoms with van der Waals surface area (Å²) in [7, 11) is 1.86. The van der Waals surface area contributed by atoms with Crippen LogP contribution in [0.4, 0.5) is 0 Å². The van der Waals surface area contributed by atoms with Crippen molar-refractivity contribution >= 4 is 23.9 Å². The fourth-order valence-electron chi connectivity index (χ4n) is 3.07. The minimum Gasteiger partial charge on any atom is -0.335 e. The van der Waals surface area contributed by atoms with E-state index in [4.69, 9.17) is 12.2 Å². The number of carbonyl (C=O) groups excluding carboxylic acids is 2. The molecular weight excluding hydrogens is 324 g/mol. The van der Waals surface area contributed by atoms with Crippen molar-refractivity contribution in [2.24, 2.45) is 7.05 Å². The van der Waals surface area contributed by atoms with Crippen LogP contribution in [-0.2, 0) is 11.8 Å². The van der Waals surface area contributed by atoms with Crippen LogP contribution in [-0.4, -0.2) is 44.4 Å². The lowest BCUT2D eigenvalue weighted by Crippen LogP contribution is -2.43. The normalized spacial score (nSPS) is 17.8. The van der Waals surface area contributed by atoms with Crippen LogP contribution < -0.4 is 0 Å². The van der Waals surface area contributed by atoms with Crippen molar-refractivity contribution in [2.75, 3.05) is 13.1 Å². The molecule has 7 heteroatoms. The van der Waals surface area contributed by atoms with Gasteiger partial charge < -0.3 is 9.47 Å². The standard InChI is InChI=1S/C17H20N4O2S/c1-11-5-7-12(8-6-11)14(22)16(23)21-9-3-4-13(10-21)15-18-19-17(24)20(15)2/h5-8,13H,3-4,9-10H2,1-2H3,(H,19,24). The summed E-state index contributed by atoms with van der Waals surface area (Å²) in [6, 6.07) is 7.09. The topological polar surface area (TPSA) is 71.0 Å². The first kappa shape index (κ1) is 16.6. The van der Waals surface area contributed by atoms with Gasteiger partial charge in [0, 0.05) is 31.6 Å². The molecule has 0 spiro atoms. The Labute approximate surface area is 145 Å². The molecule has 24 heavy (non-hydrogen) atoms. The third-order valence-electron chi connectivity index (χ3n) is 4.50. The molecule has 1 N–H and O–H groups in total. The summed E-state index contributed by atoms with van der Waals surface area (Å²) in [5.41, 5.74) is 1.49. The molecule has 0 saturated carbocycles. The number of hydrogen-bond donors (Lipinski definition) is 1. The smallest absolute Gasteiger partial charge is 0.294 e. The molecule has 0 bridgehead atoms. The fourth-order valence-corrected chi connectivity index (χ4v) is 3.21. The lowest BCUT2D eigenvalue weighted by molar-refractivity contribution is -0.127. The minimum atomic E-state index is -0.453. The first-order valence-electron chi connectivity index (χ1n) is 7.99. The van der Waals surface area contributed by atoms with Gasteiger partial charge in [-0.05, 0) is 32.0 Å². The van der Waals surface area contributed by atoms with Crippen LogP contribution in [0.5, 0.6) is 0 Å². The molecule has 1 amide bonds. The Morgan fingerprint density at radius 2 is 2.00 bits per heavy atom. The molecule has 2 heterocycles. The highest BCUT2D eigenvalue weighted by atomic mass is 32.1. The molecule has 1 unspecified atom stereocenters. The van der Waals surface area contributed by atoms with Gasteiger partial charge in [-0.3, -0.25) is 14.7 Å². The quantitative estimate of drug-likeness (QED) is 0.527. The van der Waals surface area contributed by atoms with Crippen LogP contribution in [0.15, 0.2) is 24.3 Å². The van der Waals surface area contributed by atoms with E-state index in [9.17, 15) is 9.59 Å². The monoisotopic (exact) mass is 344 g/mol. The summed E-state index contributed by atoms with van der Waals surface area (Å²) < 4.78 is 2.39. The Hall–Kier alpha value is -2.28. The van der Waals surface area contributed by atoms with Gasteiger partial charge in [0.2, 0.25) is 5.78 Å². The van der Waals surface area contributed by atoms with Crippen LogP contribution in [0, 0.1) is 11.7 Å². The number of H-pyrrole nitrogens is 1. The predicted molar refractivity (Wildman–Crippen MR) is 92.5 cm³/mol. The van der Waals surface area contributed by atoms with Crippen molar-refractivity contribution in [1.29, 1.82) is 0 Å². The number of likely N-dealkylation sites (tertiary alicyclic amines) is 1. The summed E-state index contributed by atoms with van der Waals surface area (Å²) in [5, 5.41) is 7.05. The summed E-state index contributed by atoms with van der Waals surface area (Å²) in [6.07, 6.45) is 1.77. The van der Waals surface area contributed by atoms with Crippen molar-refractivity contribution < 1.29 is 9.59 Å². The maximum absolute atomic E-state index is 12.6. The van der Waals surface area contributed by atoms with Crippen molar-refractivity contribution in [2.45, 2.75) is 25.7 Å².